The maximum Gasteiger partial charge on any atom is 0.259 e. The van der Waals surface area contributed by atoms with E-state index in [9.17, 15) is 4.79 Å². The Labute approximate surface area is 119 Å². The Balaban J connectivity index is 1.77. The van der Waals surface area contributed by atoms with Crippen LogP contribution in [-0.4, -0.2) is 20.2 Å². The molecule has 0 spiro atoms. The van der Waals surface area contributed by atoms with E-state index in [1.54, 1.807) is 18.3 Å². The largest absolute Gasteiger partial charge is 0.297 e. The fraction of sp³-hybridized carbons (Fsp3) is 0. The summed E-state index contributed by atoms with van der Waals surface area (Å²) in [4.78, 5) is 20.2. The molecule has 0 aliphatic heterocycles. The van der Waals surface area contributed by atoms with Crippen molar-refractivity contribution >= 4 is 22.6 Å². The van der Waals surface area contributed by atoms with Gasteiger partial charge in [-0.1, -0.05) is 30.3 Å². The van der Waals surface area contributed by atoms with Crippen molar-refractivity contribution < 1.29 is 4.79 Å². The minimum Gasteiger partial charge on any atom is -0.297 e. The molecular weight excluding hydrogens is 272 g/mol. The third-order valence-electron chi connectivity index (χ3n) is 2.60. The van der Waals surface area contributed by atoms with Crippen LogP contribution >= 0.6 is 11.5 Å². The molecule has 0 aliphatic carbocycles. The van der Waals surface area contributed by atoms with Crippen LogP contribution in [0.5, 0.6) is 0 Å². The third-order valence-corrected chi connectivity index (χ3v) is 3.23. The number of hydrogen-bond donors (Lipinski definition) is 1. The minimum atomic E-state index is -0.242. The number of aromatic nitrogens is 3. The van der Waals surface area contributed by atoms with Gasteiger partial charge < -0.3 is 0 Å². The van der Waals surface area contributed by atoms with Crippen molar-refractivity contribution in [2.45, 2.75) is 0 Å². The molecule has 2 aromatic heterocycles. The number of benzene rings is 1. The van der Waals surface area contributed by atoms with Gasteiger partial charge in [0.2, 0.25) is 5.13 Å². The van der Waals surface area contributed by atoms with Crippen LogP contribution in [0.1, 0.15) is 10.4 Å². The Bertz CT molecular complexity index is 712. The first-order chi connectivity index (χ1) is 9.83. The predicted octanol–water partition coefficient (Wildman–Crippen LogP) is 2.85. The zero-order valence-corrected chi connectivity index (χ0v) is 11.2. The molecule has 0 saturated carbocycles. The quantitative estimate of drug-likeness (QED) is 0.802. The second-order valence-electron chi connectivity index (χ2n) is 3.98. The normalized spacial score (nSPS) is 10.2. The lowest BCUT2D eigenvalue weighted by molar-refractivity contribution is 0.102. The molecule has 0 saturated heterocycles. The molecular formula is C14H10N4OS. The van der Waals surface area contributed by atoms with E-state index in [4.69, 9.17) is 0 Å². The van der Waals surface area contributed by atoms with Crippen molar-refractivity contribution in [3.63, 3.8) is 0 Å². The van der Waals surface area contributed by atoms with Crippen LogP contribution in [0.4, 0.5) is 5.13 Å². The van der Waals surface area contributed by atoms with Crippen molar-refractivity contribution in [2.75, 3.05) is 5.32 Å². The lowest BCUT2D eigenvalue weighted by Gasteiger charge is -1.99. The third kappa shape index (κ3) is 2.70. The van der Waals surface area contributed by atoms with Crippen LogP contribution < -0.4 is 5.32 Å². The molecule has 0 unspecified atom stereocenters. The Morgan fingerprint density at radius 2 is 1.95 bits per heavy atom. The first kappa shape index (κ1) is 12.4. The van der Waals surface area contributed by atoms with E-state index < -0.39 is 0 Å². The van der Waals surface area contributed by atoms with Crippen molar-refractivity contribution in [3.8, 4) is 11.4 Å². The highest BCUT2D eigenvalue weighted by Gasteiger charge is 2.10. The van der Waals surface area contributed by atoms with E-state index in [2.05, 4.69) is 19.7 Å². The van der Waals surface area contributed by atoms with Gasteiger partial charge in [0.15, 0.2) is 5.82 Å². The fourth-order valence-electron chi connectivity index (χ4n) is 1.65. The summed E-state index contributed by atoms with van der Waals surface area (Å²) in [5.41, 5.74) is 1.41. The SMILES string of the molecule is O=C(Nc1nc(-c2ccccc2)ns1)c1cccnc1. The van der Waals surface area contributed by atoms with Crippen LogP contribution in [0.2, 0.25) is 0 Å². The van der Waals surface area contributed by atoms with Crippen LogP contribution in [-0.2, 0) is 0 Å². The Kier molecular flexibility index (Phi) is 3.47. The van der Waals surface area contributed by atoms with Gasteiger partial charge in [-0.25, -0.2) is 0 Å². The summed E-state index contributed by atoms with van der Waals surface area (Å²) >= 11 is 1.15. The van der Waals surface area contributed by atoms with E-state index in [1.807, 2.05) is 30.3 Å². The molecule has 20 heavy (non-hydrogen) atoms. The number of carbonyl (C=O) groups excluding carboxylic acids is 1. The highest BCUT2D eigenvalue weighted by Crippen LogP contribution is 2.20. The van der Waals surface area contributed by atoms with Crippen LogP contribution in [0.15, 0.2) is 54.9 Å². The summed E-state index contributed by atoms with van der Waals surface area (Å²) in [7, 11) is 0. The number of carbonyl (C=O) groups is 1. The smallest absolute Gasteiger partial charge is 0.259 e. The molecule has 3 rings (SSSR count). The molecule has 6 heteroatoms. The summed E-state index contributed by atoms with van der Waals surface area (Å²) in [6.45, 7) is 0. The zero-order chi connectivity index (χ0) is 13.8. The number of pyridine rings is 1. The van der Waals surface area contributed by atoms with E-state index in [0.717, 1.165) is 17.1 Å². The van der Waals surface area contributed by atoms with Gasteiger partial charge in [0.1, 0.15) is 0 Å². The number of nitrogens with one attached hydrogen (secondary N) is 1. The minimum absolute atomic E-state index is 0.242. The maximum absolute atomic E-state index is 11.9. The number of rotatable bonds is 3. The van der Waals surface area contributed by atoms with Gasteiger partial charge >= 0.3 is 0 Å². The van der Waals surface area contributed by atoms with Gasteiger partial charge in [-0.2, -0.15) is 9.36 Å². The summed E-state index contributed by atoms with van der Waals surface area (Å²) in [6, 6.07) is 13.0. The van der Waals surface area contributed by atoms with Gasteiger partial charge in [0.05, 0.1) is 5.56 Å². The monoisotopic (exact) mass is 282 g/mol. The Morgan fingerprint density at radius 1 is 1.10 bits per heavy atom. The van der Waals surface area contributed by atoms with Crippen molar-refractivity contribution in [3.05, 3.63) is 60.4 Å². The van der Waals surface area contributed by atoms with Gasteiger partial charge in [-0.3, -0.25) is 15.1 Å². The van der Waals surface area contributed by atoms with Gasteiger partial charge in [-0.15, -0.1) is 0 Å². The molecule has 0 fully saturated rings. The Morgan fingerprint density at radius 3 is 2.70 bits per heavy atom. The predicted molar refractivity (Wildman–Crippen MR) is 77.5 cm³/mol. The summed E-state index contributed by atoms with van der Waals surface area (Å²) in [5.74, 6) is 0.367. The summed E-state index contributed by atoms with van der Waals surface area (Å²) in [5, 5.41) is 3.18. The zero-order valence-electron chi connectivity index (χ0n) is 10.4. The van der Waals surface area contributed by atoms with Gasteiger partial charge in [0.25, 0.3) is 5.91 Å². The molecule has 0 atom stereocenters. The first-order valence-corrected chi connectivity index (χ1v) is 6.71. The molecule has 3 aromatic rings. The molecule has 0 bridgehead atoms. The second kappa shape index (κ2) is 5.58. The molecule has 1 aromatic carbocycles. The van der Waals surface area contributed by atoms with Crippen LogP contribution in [0.25, 0.3) is 11.4 Å². The highest BCUT2D eigenvalue weighted by atomic mass is 32.1. The molecule has 98 valence electrons. The van der Waals surface area contributed by atoms with E-state index >= 15 is 0 Å². The molecule has 0 aliphatic rings. The van der Waals surface area contributed by atoms with Crippen LogP contribution in [0.3, 0.4) is 0 Å². The van der Waals surface area contributed by atoms with E-state index in [-0.39, 0.29) is 5.91 Å². The van der Waals surface area contributed by atoms with Crippen LogP contribution in [0, 0.1) is 0 Å². The number of nitrogens with zero attached hydrogens (tertiary/aromatic N) is 3. The maximum atomic E-state index is 11.9. The number of anilines is 1. The molecule has 1 N–H and O–H groups in total. The fourth-order valence-corrected chi connectivity index (χ4v) is 2.23. The topological polar surface area (TPSA) is 67.8 Å². The lowest BCUT2D eigenvalue weighted by atomic mass is 10.2. The molecule has 2 heterocycles. The number of hydrogen-bond acceptors (Lipinski definition) is 5. The average Bonchev–Trinajstić information content (AvgIpc) is 2.97. The van der Waals surface area contributed by atoms with E-state index in [0.29, 0.717) is 16.5 Å². The Hall–Kier alpha value is -2.60. The summed E-state index contributed by atoms with van der Waals surface area (Å²) in [6.07, 6.45) is 3.13. The number of amides is 1. The highest BCUT2D eigenvalue weighted by molar-refractivity contribution is 7.10. The lowest BCUT2D eigenvalue weighted by Crippen LogP contribution is -2.11. The second-order valence-corrected chi connectivity index (χ2v) is 4.74. The average molecular weight is 282 g/mol. The standard InChI is InChI=1S/C14H10N4OS/c19-13(11-7-4-8-15-9-11)17-14-16-12(18-20-14)10-5-2-1-3-6-10/h1-9H,(H,16,17,18,19). The molecule has 0 radical (unpaired) electrons. The van der Waals surface area contributed by atoms with Crippen molar-refractivity contribution in [1.82, 2.24) is 14.3 Å². The first-order valence-electron chi connectivity index (χ1n) is 5.93. The molecule has 1 amide bonds. The van der Waals surface area contributed by atoms with Gasteiger partial charge in [0, 0.05) is 29.5 Å². The van der Waals surface area contributed by atoms with E-state index in [1.165, 1.54) is 6.20 Å². The van der Waals surface area contributed by atoms with Crippen molar-refractivity contribution in [1.29, 1.82) is 0 Å². The summed E-state index contributed by atoms with van der Waals surface area (Å²) < 4.78 is 4.23. The van der Waals surface area contributed by atoms with Crippen molar-refractivity contribution in [2.24, 2.45) is 0 Å². The molecule has 5 nitrogen and oxygen atoms in total. The van der Waals surface area contributed by atoms with Gasteiger partial charge in [-0.05, 0) is 12.1 Å².